The second-order valence-corrected chi connectivity index (χ2v) is 9.19. The van der Waals surface area contributed by atoms with E-state index in [1.165, 1.54) is 38.2 Å². The van der Waals surface area contributed by atoms with Crippen molar-refractivity contribution in [3.8, 4) is 11.5 Å². The number of nitrogens with one attached hydrogen (secondary N) is 1. The highest BCUT2D eigenvalue weighted by atomic mass is 16.6. The summed E-state index contributed by atoms with van der Waals surface area (Å²) >= 11 is 0. The van der Waals surface area contributed by atoms with E-state index in [0.717, 1.165) is 25.2 Å². The second-order valence-electron chi connectivity index (χ2n) is 9.19. The van der Waals surface area contributed by atoms with E-state index in [4.69, 9.17) is 9.26 Å². The van der Waals surface area contributed by atoms with Crippen molar-refractivity contribution in [1.82, 2.24) is 20.3 Å². The van der Waals surface area contributed by atoms with Crippen molar-refractivity contribution in [3.05, 3.63) is 28.4 Å². The minimum Gasteiger partial charge on any atom is -0.460 e. The number of carbonyl (C=O) groups excluding carboxylic acids is 1. The van der Waals surface area contributed by atoms with E-state index in [0.29, 0.717) is 17.4 Å². The Kier molecular flexibility index (Phi) is 7.39. The third-order valence-corrected chi connectivity index (χ3v) is 5.42. The average Bonchev–Trinajstić information content (AvgIpc) is 3.17. The van der Waals surface area contributed by atoms with Crippen LogP contribution in [0.4, 0.5) is 0 Å². The maximum atomic E-state index is 12.5. The summed E-state index contributed by atoms with van der Waals surface area (Å²) in [5, 5.41) is 10.3. The zero-order valence-electron chi connectivity index (χ0n) is 18.1. The fourth-order valence-electron chi connectivity index (χ4n) is 4.00. The Balaban J connectivity index is 1.68. The molecular formula is C22H32N4O4. The van der Waals surface area contributed by atoms with E-state index in [9.17, 15) is 9.59 Å². The third kappa shape index (κ3) is 6.78. The van der Waals surface area contributed by atoms with E-state index in [1.54, 1.807) is 6.07 Å². The molecule has 0 aliphatic heterocycles. The number of aromatic nitrogens is 4. The maximum absolute atomic E-state index is 12.5. The second kappa shape index (κ2) is 10.00. The van der Waals surface area contributed by atoms with Crippen molar-refractivity contribution in [3.63, 3.8) is 0 Å². The predicted molar refractivity (Wildman–Crippen MR) is 112 cm³/mol. The van der Waals surface area contributed by atoms with Gasteiger partial charge >= 0.3 is 5.97 Å². The minimum atomic E-state index is -0.538. The van der Waals surface area contributed by atoms with Gasteiger partial charge in [-0.2, -0.15) is 10.1 Å². The van der Waals surface area contributed by atoms with Crippen LogP contribution >= 0.6 is 0 Å². The Labute approximate surface area is 176 Å². The molecular weight excluding hydrogens is 384 g/mol. The van der Waals surface area contributed by atoms with Crippen LogP contribution in [0.1, 0.15) is 90.4 Å². The molecule has 8 nitrogen and oxygen atoms in total. The largest absolute Gasteiger partial charge is 0.460 e. The van der Waals surface area contributed by atoms with Crippen LogP contribution in [0.3, 0.4) is 0 Å². The van der Waals surface area contributed by atoms with Gasteiger partial charge in [-0.3, -0.25) is 9.59 Å². The Bertz CT molecular complexity index is 857. The van der Waals surface area contributed by atoms with E-state index in [1.807, 2.05) is 20.8 Å². The number of rotatable bonds is 8. The average molecular weight is 417 g/mol. The molecule has 0 radical (unpaired) electrons. The quantitative estimate of drug-likeness (QED) is 0.635. The molecule has 1 saturated carbocycles. The number of nitrogens with zero attached hydrogens (tertiary/aromatic N) is 3. The molecule has 2 aromatic heterocycles. The molecule has 0 saturated heterocycles. The van der Waals surface area contributed by atoms with Gasteiger partial charge in [-0.05, 0) is 39.2 Å². The summed E-state index contributed by atoms with van der Waals surface area (Å²) in [4.78, 5) is 28.1. The molecule has 30 heavy (non-hydrogen) atoms. The molecule has 1 aliphatic rings. The van der Waals surface area contributed by atoms with Crippen LogP contribution in [0.5, 0.6) is 0 Å². The van der Waals surface area contributed by atoms with Crippen LogP contribution in [0, 0.1) is 5.92 Å². The van der Waals surface area contributed by atoms with Gasteiger partial charge in [0.05, 0.1) is 6.42 Å². The van der Waals surface area contributed by atoms with Gasteiger partial charge in [-0.1, -0.05) is 50.1 Å². The number of hydrogen-bond acceptors (Lipinski definition) is 7. The van der Waals surface area contributed by atoms with Crippen LogP contribution in [0.15, 0.2) is 21.5 Å². The summed E-state index contributed by atoms with van der Waals surface area (Å²) in [5.41, 5.74) is -0.417. The van der Waals surface area contributed by atoms with Gasteiger partial charge in [0.15, 0.2) is 0 Å². The number of aromatic amines is 1. The summed E-state index contributed by atoms with van der Waals surface area (Å²) < 4.78 is 11.0. The Hall–Kier alpha value is -2.51. The minimum absolute atomic E-state index is 0.197. The fourth-order valence-corrected chi connectivity index (χ4v) is 4.00. The van der Waals surface area contributed by atoms with Crippen LogP contribution in [-0.4, -0.2) is 31.9 Å². The van der Waals surface area contributed by atoms with Gasteiger partial charge in [-0.25, -0.2) is 5.10 Å². The normalized spacial score (nSPS) is 16.4. The summed E-state index contributed by atoms with van der Waals surface area (Å²) in [6.45, 7) is 5.57. The first-order chi connectivity index (χ1) is 14.3. The third-order valence-electron chi connectivity index (χ3n) is 5.42. The number of hydrogen-bond donors (Lipinski definition) is 1. The first-order valence-electron chi connectivity index (χ1n) is 10.9. The molecule has 1 N–H and O–H groups in total. The molecule has 2 aromatic rings. The lowest BCUT2D eigenvalue weighted by Crippen LogP contribution is -2.25. The highest BCUT2D eigenvalue weighted by molar-refractivity contribution is 5.70. The molecule has 0 bridgehead atoms. The van der Waals surface area contributed by atoms with Gasteiger partial charge in [0.1, 0.15) is 11.3 Å². The molecule has 0 amide bonds. The zero-order valence-corrected chi connectivity index (χ0v) is 18.1. The number of H-pyrrole nitrogens is 1. The van der Waals surface area contributed by atoms with Crippen molar-refractivity contribution in [2.75, 3.05) is 0 Å². The molecule has 0 aromatic carbocycles. The smallest absolute Gasteiger partial charge is 0.307 e. The van der Waals surface area contributed by atoms with E-state index >= 15 is 0 Å². The van der Waals surface area contributed by atoms with Gasteiger partial charge in [0, 0.05) is 12.0 Å². The Morgan fingerprint density at radius 3 is 2.70 bits per heavy atom. The van der Waals surface area contributed by atoms with Gasteiger partial charge in [-0.15, -0.1) is 0 Å². The maximum Gasteiger partial charge on any atom is 0.307 e. The monoisotopic (exact) mass is 416 g/mol. The number of ether oxygens (including phenoxy) is 1. The van der Waals surface area contributed by atoms with Gasteiger partial charge in [0.2, 0.25) is 11.7 Å². The molecule has 164 valence electrons. The standard InChI is InChI=1S/C22H32N4O4/c1-22(2,3)29-19(28)14-16(11-7-10-15-8-5-4-6-9-15)21-23-20(26-30-21)17-12-13-18(27)25-24-17/h12-13,15-16H,4-11,14H2,1-3H3,(H,25,27). The fraction of sp³-hybridized carbons (Fsp3) is 0.682. The molecule has 3 rings (SSSR count). The van der Waals surface area contributed by atoms with Gasteiger partial charge in [0.25, 0.3) is 5.56 Å². The Morgan fingerprint density at radius 1 is 1.27 bits per heavy atom. The van der Waals surface area contributed by atoms with E-state index in [-0.39, 0.29) is 23.9 Å². The molecule has 8 heteroatoms. The SMILES string of the molecule is CC(C)(C)OC(=O)CC(CCCC1CCCCC1)c1nc(-c2ccc(=O)[nH]n2)no1. The van der Waals surface area contributed by atoms with Crippen molar-refractivity contribution in [1.29, 1.82) is 0 Å². The van der Waals surface area contributed by atoms with E-state index in [2.05, 4.69) is 20.3 Å². The lowest BCUT2D eigenvalue weighted by atomic mass is 9.84. The molecule has 1 aliphatic carbocycles. The van der Waals surface area contributed by atoms with Crippen LogP contribution in [-0.2, 0) is 9.53 Å². The number of esters is 1. The summed E-state index contributed by atoms with van der Waals surface area (Å²) in [6.07, 6.45) is 9.76. The topological polar surface area (TPSA) is 111 Å². The first-order valence-corrected chi connectivity index (χ1v) is 10.9. The lowest BCUT2D eigenvalue weighted by Gasteiger charge is -2.23. The van der Waals surface area contributed by atoms with Crippen LogP contribution < -0.4 is 5.56 Å². The van der Waals surface area contributed by atoms with Crippen molar-refractivity contribution in [2.45, 2.75) is 90.1 Å². The van der Waals surface area contributed by atoms with Gasteiger partial charge < -0.3 is 9.26 Å². The van der Waals surface area contributed by atoms with Crippen LogP contribution in [0.2, 0.25) is 0 Å². The zero-order chi connectivity index (χ0) is 21.6. The predicted octanol–water partition coefficient (Wildman–Crippen LogP) is 4.39. The summed E-state index contributed by atoms with van der Waals surface area (Å²) in [5.74, 6) is 1.01. The molecule has 0 spiro atoms. The van der Waals surface area contributed by atoms with Crippen molar-refractivity contribution < 1.29 is 14.1 Å². The molecule has 2 heterocycles. The highest BCUT2D eigenvalue weighted by Crippen LogP contribution is 2.32. The van der Waals surface area contributed by atoms with Crippen LogP contribution in [0.25, 0.3) is 11.5 Å². The lowest BCUT2D eigenvalue weighted by molar-refractivity contribution is -0.155. The molecule has 1 fully saturated rings. The summed E-state index contributed by atoms with van der Waals surface area (Å²) in [6, 6.07) is 2.90. The Morgan fingerprint density at radius 2 is 2.03 bits per heavy atom. The number of carbonyl (C=O) groups is 1. The molecule has 1 unspecified atom stereocenters. The molecule has 1 atom stereocenters. The highest BCUT2D eigenvalue weighted by Gasteiger charge is 2.26. The van der Waals surface area contributed by atoms with Crippen molar-refractivity contribution in [2.24, 2.45) is 5.92 Å². The summed E-state index contributed by atoms with van der Waals surface area (Å²) in [7, 11) is 0. The van der Waals surface area contributed by atoms with Crippen molar-refractivity contribution >= 4 is 5.97 Å². The van der Waals surface area contributed by atoms with E-state index < -0.39 is 5.60 Å². The first kappa shape index (κ1) is 22.2.